The molecule has 0 saturated carbocycles. The Kier molecular flexibility index (Phi) is 1.99. The molecule has 1 aliphatic carbocycles. The number of allylic oxidation sites excluding steroid dienone is 2. The van der Waals surface area contributed by atoms with Crippen LogP contribution in [0.4, 0.5) is 0 Å². The molecule has 0 spiro atoms. The zero-order chi connectivity index (χ0) is 9.19. The monoisotopic (exact) mass is 155 g/mol. The number of hydrogen-bond donors (Lipinski definition) is 1. The van der Waals surface area contributed by atoms with Crippen LogP contribution >= 0.6 is 0 Å². The second kappa shape index (κ2) is 2.98. The molecule has 1 rings (SSSR count). The molecule has 1 nitrogen and oxygen atoms in total. The largest absolute Gasteiger partial charge is 0.390 e. The molecule has 0 saturated heterocycles. The molecule has 0 aromatic heterocycles. The highest BCUT2D eigenvalue weighted by atomic mass is 16.3. The second-order valence-electron chi connectivity index (χ2n) is 3.99. The molecule has 0 aliphatic heterocycles. The van der Waals surface area contributed by atoms with Crippen LogP contribution in [-0.2, 0) is 0 Å². The van der Waals surface area contributed by atoms with Gasteiger partial charge in [-0.15, -0.1) is 0 Å². The van der Waals surface area contributed by atoms with E-state index >= 15 is 0 Å². The summed E-state index contributed by atoms with van der Waals surface area (Å²) in [6.45, 7) is 4.17. The van der Waals surface area contributed by atoms with E-state index in [9.17, 15) is 5.11 Å². The molecule has 1 N–H and O–H groups in total. The normalized spacial score (nSPS) is 27.7. The Morgan fingerprint density at radius 1 is 1.73 bits per heavy atom. The van der Waals surface area contributed by atoms with Crippen LogP contribution < -0.4 is 0 Å². The van der Waals surface area contributed by atoms with Crippen LogP contribution in [-0.4, -0.2) is 10.7 Å². The van der Waals surface area contributed by atoms with E-state index in [1.807, 2.05) is 13.8 Å². The van der Waals surface area contributed by atoms with Gasteiger partial charge in [0, 0.05) is 1.37 Å². The van der Waals surface area contributed by atoms with Gasteiger partial charge in [0.1, 0.15) is 0 Å². The standard InChI is InChI=1S/C10H18O/c1-8-4-6-9(7-5-8)10(2,3)11/h4,9,11H,5-7H2,1-3H3/i1D. The van der Waals surface area contributed by atoms with Gasteiger partial charge in [0.05, 0.1) is 5.60 Å². The van der Waals surface area contributed by atoms with Crippen molar-refractivity contribution in [2.24, 2.45) is 5.92 Å². The van der Waals surface area contributed by atoms with Gasteiger partial charge in [0.25, 0.3) is 0 Å². The van der Waals surface area contributed by atoms with Crippen molar-refractivity contribution in [1.82, 2.24) is 0 Å². The Morgan fingerprint density at radius 2 is 2.45 bits per heavy atom. The van der Waals surface area contributed by atoms with Crippen LogP contribution in [0.3, 0.4) is 0 Å². The molecule has 1 heteroatoms. The van der Waals surface area contributed by atoms with Crippen LogP contribution in [0.25, 0.3) is 0 Å². The third-order valence-corrected chi connectivity index (χ3v) is 2.50. The highest BCUT2D eigenvalue weighted by molar-refractivity contribution is 5.04. The van der Waals surface area contributed by atoms with Crippen molar-refractivity contribution in [1.29, 1.82) is 0 Å². The summed E-state index contributed by atoms with van der Waals surface area (Å²) in [4.78, 5) is 0. The third kappa shape index (κ3) is 2.33. The minimum Gasteiger partial charge on any atom is -0.390 e. The van der Waals surface area contributed by atoms with Crippen molar-refractivity contribution in [3.63, 3.8) is 0 Å². The van der Waals surface area contributed by atoms with Crippen LogP contribution in [0, 0.1) is 5.92 Å². The summed E-state index contributed by atoms with van der Waals surface area (Å²) in [5.41, 5.74) is 0.680. The molecule has 64 valence electrons. The first-order valence-electron chi connectivity index (χ1n) is 4.94. The smallest absolute Gasteiger partial charge is 0.0622 e. The lowest BCUT2D eigenvalue weighted by Crippen LogP contribution is -2.31. The summed E-state index contributed by atoms with van der Waals surface area (Å²) in [5.74, 6) is 0.382. The lowest BCUT2D eigenvalue weighted by molar-refractivity contribution is 0.0126. The fourth-order valence-electron chi connectivity index (χ4n) is 1.53. The molecule has 0 heterocycles. The van der Waals surface area contributed by atoms with Gasteiger partial charge in [-0.25, -0.2) is 0 Å². The average molecular weight is 155 g/mol. The Hall–Kier alpha value is -0.300. The van der Waals surface area contributed by atoms with Gasteiger partial charge >= 0.3 is 0 Å². The molecular weight excluding hydrogens is 136 g/mol. The molecular formula is C10H18O. The first kappa shape index (κ1) is 7.35. The van der Waals surface area contributed by atoms with Crippen molar-refractivity contribution < 1.29 is 6.48 Å². The third-order valence-electron chi connectivity index (χ3n) is 2.50. The van der Waals surface area contributed by atoms with Crippen LogP contribution in [0.2, 0.25) is 0 Å². The van der Waals surface area contributed by atoms with E-state index in [1.54, 1.807) is 0 Å². The lowest BCUT2D eigenvalue weighted by atomic mass is 9.80. The van der Waals surface area contributed by atoms with Gasteiger partial charge in [0.2, 0.25) is 0 Å². The molecule has 0 aromatic rings. The Morgan fingerprint density at radius 3 is 2.82 bits per heavy atom. The minimum atomic E-state index is -0.552. The highest BCUT2D eigenvalue weighted by Gasteiger charge is 2.27. The molecule has 1 aliphatic rings. The molecule has 0 radical (unpaired) electrons. The zero-order valence-corrected chi connectivity index (χ0v) is 7.43. The highest BCUT2D eigenvalue weighted by Crippen LogP contribution is 2.31. The molecule has 11 heavy (non-hydrogen) atoms. The molecule has 0 amide bonds. The van der Waals surface area contributed by atoms with Crippen molar-refractivity contribution >= 4 is 0 Å². The van der Waals surface area contributed by atoms with E-state index in [4.69, 9.17) is 1.37 Å². The van der Waals surface area contributed by atoms with Crippen molar-refractivity contribution in [2.45, 2.75) is 45.6 Å². The van der Waals surface area contributed by atoms with E-state index in [0.717, 1.165) is 19.3 Å². The topological polar surface area (TPSA) is 20.2 Å². The zero-order valence-electron chi connectivity index (χ0n) is 8.43. The van der Waals surface area contributed by atoms with E-state index in [-0.39, 0.29) is 0 Å². The van der Waals surface area contributed by atoms with Gasteiger partial charge in [-0.05, 0) is 45.9 Å². The number of aliphatic hydroxyl groups is 1. The fourth-order valence-corrected chi connectivity index (χ4v) is 1.53. The number of hydrogen-bond acceptors (Lipinski definition) is 1. The minimum absolute atomic E-state index is 0.382. The van der Waals surface area contributed by atoms with Crippen LogP contribution in [0.1, 0.15) is 41.4 Å². The maximum Gasteiger partial charge on any atom is 0.0622 e. The predicted molar refractivity (Wildman–Crippen MR) is 47.4 cm³/mol. The summed E-state index contributed by atoms with van der Waals surface area (Å²) >= 11 is 0. The van der Waals surface area contributed by atoms with E-state index < -0.39 is 5.60 Å². The van der Waals surface area contributed by atoms with E-state index in [0.29, 0.717) is 12.8 Å². The van der Waals surface area contributed by atoms with E-state index in [1.165, 1.54) is 5.57 Å². The van der Waals surface area contributed by atoms with Crippen molar-refractivity contribution in [3.8, 4) is 0 Å². The quantitative estimate of drug-likeness (QED) is 0.577. The second-order valence-corrected chi connectivity index (χ2v) is 3.99. The fraction of sp³-hybridized carbons (Fsp3) is 0.800. The van der Waals surface area contributed by atoms with Crippen molar-refractivity contribution in [2.75, 3.05) is 0 Å². The molecule has 0 aromatic carbocycles. The molecule has 0 bridgehead atoms. The van der Waals surface area contributed by atoms with Gasteiger partial charge in [-0.1, -0.05) is 11.6 Å². The summed E-state index contributed by atoms with van der Waals surface area (Å²) in [5, 5.41) is 9.73. The molecule has 0 fully saturated rings. The van der Waals surface area contributed by atoms with Gasteiger partial charge in [-0.3, -0.25) is 0 Å². The van der Waals surface area contributed by atoms with Gasteiger partial charge in [0.15, 0.2) is 0 Å². The first-order chi connectivity index (χ1) is 5.54. The molecule has 1 unspecified atom stereocenters. The average Bonchev–Trinajstić information content (AvgIpc) is 2.03. The Balaban J connectivity index is 2.52. The Bertz CT molecular complexity index is 179. The van der Waals surface area contributed by atoms with Gasteiger partial charge in [-0.2, -0.15) is 0 Å². The number of rotatable bonds is 1. The maximum absolute atomic E-state index is 9.73. The summed E-state index contributed by atoms with van der Waals surface area (Å²) in [6, 6.07) is 0. The summed E-state index contributed by atoms with van der Waals surface area (Å²) in [6.07, 6.45) is 5.10. The molecule has 1 atom stereocenters. The van der Waals surface area contributed by atoms with Crippen molar-refractivity contribution in [3.05, 3.63) is 11.6 Å². The lowest BCUT2D eigenvalue weighted by Gasteiger charge is -2.31. The predicted octanol–water partition coefficient (Wildman–Crippen LogP) is 2.50. The first-order valence-corrected chi connectivity index (χ1v) is 4.23. The summed E-state index contributed by atoms with van der Waals surface area (Å²) < 4.78 is 7.19. The maximum atomic E-state index is 9.73. The summed E-state index contributed by atoms with van der Waals surface area (Å²) in [7, 11) is 0. The van der Waals surface area contributed by atoms with E-state index in [2.05, 4.69) is 6.08 Å². The Labute approximate surface area is 70.5 Å². The SMILES string of the molecule is [2H]CC1=CCC(C(C)(C)O)CC1. The van der Waals surface area contributed by atoms with Crippen LogP contribution in [0.15, 0.2) is 11.6 Å². The van der Waals surface area contributed by atoms with Crippen LogP contribution in [0.5, 0.6) is 0 Å². The van der Waals surface area contributed by atoms with Gasteiger partial charge < -0.3 is 5.11 Å².